The molecule has 1 aromatic heterocycles. The number of likely N-dealkylation sites (N-methyl/N-ethyl adjacent to an activating group) is 1. The highest BCUT2D eigenvalue weighted by atomic mass is 35.5. The molecule has 0 aliphatic rings. The number of aromatic nitrogens is 3. The van der Waals surface area contributed by atoms with E-state index < -0.39 is 0 Å². The molecule has 2 aromatic rings. The minimum Gasteiger partial charge on any atom is -0.336 e. The maximum absolute atomic E-state index is 12.2. The van der Waals surface area contributed by atoms with Gasteiger partial charge in [0, 0.05) is 19.6 Å². The van der Waals surface area contributed by atoms with Crippen LogP contribution in [-0.2, 0) is 6.54 Å². The fraction of sp³-hybridized carbons (Fsp3) is 0.357. The lowest BCUT2D eigenvalue weighted by molar-refractivity contribution is 0.0742. The summed E-state index contributed by atoms with van der Waals surface area (Å²) in [6.45, 7) is 2.91. The normalized spacial score (nSPS) is 11.6. The van der Waals surface area contributed by atoms with Crippen molar-refractivity contribution in [2.45, 2.75) is 19.5 Å². The van der Waals surface area contributed by atoms with E-state index in [-0.39, 0.29) is 24.4 Å². The van der Waals surface area contributed by atoms with Crippen molar-refractivity contribution in [3.8, 4) is 0 Å². The Balaban J connectivity index is 0.00000220. The number of halogens is 1. The van der Waals surface area contributed by atoms with Gasteiger partial charge in [0.05, 0.1) is 12.7 Å². The first-order valence-electron chi connectivity index (χ1n) is 6.53. The average Bonchev–Trinajstić information content (AvgIpc) is 2.94. The van der Waals surface area contributed by atoms with Crippen molar-refractivity contribution >= 4 is 18.3 Å². The molecule has 0 fully saturated rings. The first-order valence-corrected chi connectivity index (χ1v) is 6.53. The van der Waals surface area contributed by atoms with E-state index in [1.165, 1.54) is 0 Å². The average molecular weight is 310 g/mol. The summed E-state index contributed by atoms with van der Waals surface area (Å²) in [5, 5.41) is 7.92. The summed E-state index contributed by atoms with van der Waals surface area (Å²) in [5.74, 6) is -0.165. The van der Waals surface area contributed by atoms with Crippen molar-refractivity contribution < 1.29 is 4.79 Å². The number of hydrogen-bond acceptors (Lipinski definition) is 4. The van der Waals surface area contributed by atoms with Crippen LogP contribution in [0.3, 0.4) is 0 Å². The number of carbonyl (C=O) groups excluding carboxylic acids is 1. The number of benzene rings is 1. The zero-order valence-corrected chi connectivity index (χ0v) is 13.0. The lowest BCUT2D eigenvalue weighted by atomic mass is 10.2. The molecule has 0 aliphatic carbocycles. The Bertz CT molecular complexity index is 572. The molecule has 114 valence electrons. The second-order valence-corrected chi connectivity index (χ2v) is 4.79. The Labute approximate surface area is 130 Å². The monoisotopic (exact) mass is 309 g/mol. The van der Waals surface area contributed by atoms with Crippen molar-refractivity contribution in [2.75, 3.05) is 13.6 Å². The molecule has 0 saturated carbocycles. The molecule has 0 bridgehead atoms. The molecule has 7 heteroatoms. The maximum Gasteiger partial charge on any atom is 0.276 e. The molecule has 1 amide bonds. The summed E-state index contributed by atoms with van der Waals surface area (Å²) in [4.78, 5) is 13.7. The van der Waals surface area contributed by atoms with Gasteiger partial charge >= 0.3 is 0 Å². The lowest BCUT2D eigenvalue weighted by Crippen LogP contribution is -2.39. The molecule has 1 unspecified atom stereocenters. The van der Waals surface area contributed by atoms with Crippen molar-refractivity contribution in [1.29, 1.82) is 0 Å². The van der Waals surface area contributed by atoms with E-state index in [4.69, 9.17) is 5.73 Å². The summed E-state index contributed by atoms with van der Waals surface area (Å²) >= 11 is 0. The van der Waals surface area contributed by atoms with Crippen LogP contribution in [0.1, 0.15) is 23.0 Å². The van der Waals surface area contributed by atoms with Gasteiger partial charge in [-0.25, -0.2) is 4.68 Å². The number of nitrogens with two attached hydrogens (primary N) is 1. The van der Waals surface area contributed by atoms with E-state index >= 15 is 0 Å². The van der Waals surface area contributed by atoms with Crippen molar-refractivity contribution in [1.82, 2.24) is 19.9 Å². The van der Waals surface area contributed by atoms with Gasteiger partial charge in [-0.1, -0.05) is 35.5 Å². The van der Waals surface area contributed by atoms with Gasteiger partial charge in [-0.2, -0.15) is 0 Å². The highest BCUT2D eigenvalue weighted by molar-refractivity contribution is 5.91. The fourth-order valence-corrected chi connectivity index (χ4v) is 1.78. The van der Waals surface area contributed by atoms with Crippen LogP contribution in [0.25, 0.3) is 0 Å². The van der Waals surface area contributed by atoms with Crippen LogP contribution in [0.5, 0.6) is 0 Å². The Morgan fingerprint density at radius 3 is 2.67 bits per heavy atom. The van der Waals surface area contributed by atoms with Gasteiger partial charge in [-0.3, -0.25) is 4.79 Å². The van der Waals surface area contributed by atoms with E-state index in [2.05, 4.69) is 10.3 Å². The second kappa shape index (κ2) is 7.75. The second-order valence-electron chi connectivity index (χ2n) is 4.79. The van der Waals surface area contributed by atoms with Crippen LogP contribution in [0.2, 0.25) is 0 Å². The van der Waals surface area contributed by atoms with Crippen LogP contribution >= 0.6 is 12.4 Å². The number of amides is 1. The molecule has 2 N–H and O–H groups in total. The maximum atomic E-state index is 12.2. The van der Waals surface area contributed by atoms with Crippen LogP contribution in [0.4, 0.5) is 0 Å². The van der Waals surface area contributed by atoms with E-state index in [1.54, 1.807) is 22.8 Å². The Morgan fingerprint density at radius 2 is 2.05 bits per heavy atom. The number of rotatable bonds is 5. The summed E-state index contributed by atoms with van der Waals surface area (Å²) < 4.78 is 1.66. The van der Waals surface area contributed by atoms with Gasteiger partial charge in [0.25, 0.3) is 5.91 Å². The largest absolute Gasteiger partial charge is 0.336 e. The SMILES string of the molecule is CC(CN)N(C)C(=O)c1cn(Cc2ccccc2)nn1.Cl. The fourth-order valence-electron chi connectivity index (χ4n) is 1.78. The van der Waals surface area contributed by atoms with Crippen molar-refractivity contribution in [3.63, 3.8) is 0 Å². The van der Waals surface area contributed by atoms with E-state index in [1.807, 2.05) is 37.3 Å². The van der Waals surface area contributed by atoms with Crippen molar-refractivity contribution in [3.05, 3.63) is 47.8 Å². The summed E-state index contributed by atoms with van der Waals surface area (Å²) in [6, 6.07) is 9.88. The number of hydrogen-bond donors (Lipinski definition) is 1. The Hall–Kier alpha value is -1.92. The Kier molecular flexibility index (Phi) is 6.33. The van der Waals surface area contributed by atoms with Gasteiger partial charge in [0.1, 0.15) is 0 Å². The smallest absolute Gasteiger partial charge is 0.276 e. The van der Waals surface area contributed by atoms with Crippen LogP contribution in [0.15, 0.2) is 36.5 Å². The predicted octanol–water partition coefficient (Wildman–Crippen LogP) is 1.17. The van der Waals surface area contributed by atoms with Crippen LogP contribution < -0.4 is 5.73 Å². The third kappa shape index (κ3) is 4.27. The molecule has 2 rings (SSSR count). The number of nitrogens with zero attached hydrogens (tertiary/aromatic N) is 4. The topological polar surface area (TPSA) is 77.0 Å². The molecule has 1 heterocycles. The zero-order chi connectivity index (χ0) is 14.5. The Morgan fingerprint density at radius 1 is 1.38 bits per heavy atom. The van der Waals surface area contributed by atoms with Crippen LogP contribution in [0, 0.1) is 0 Å². The molecule has 1 atom stereocenters. The van der Waals surface area contributed by atoms with Crippen LogP contribution in [-0.4, -0.2) is 45.4 Å². The molecule has 0 saturated heterocycles. The molecular weight excluding hydrogens is 290 g/mol. The van der Waals surface area contributed by atoms with E-state index in [0.717, 1.165) is 5.56 Å². The van der Waals surface area contributed by atoms with Gasteiger partial charge in [0.15, 0.2) is 5.69 Å². The van der Waals surface area contributed by atoms with Gasteiger partial charge in [-0.15, -0.1) is 17.5 Å². The minimum absolute atomic E-state index is 0. The molecular formula is C14H20ClN5O. The van der Waals surface area contributed by atoms with Crippen molar-refractivity contribution in [2.24, 2.45) is 5.73 Å². The third-order valence-corrected chi connectivity index (χ3v) is 3.27. The number of carbonyl (C=O) groups is 1. The first-order chi connectivity index (χ1) is 9.61. The summed E-state index contributed by atoms with van der Waals surface area (Å²) in [6.07, 6.45) is 1.66. The van der Waals surface area contributed by atoms with Gasteiger partial charge < -0.3 is 10.6 Å². The molecule has 6 nitrogen and oxygen atoms in total. The highest BCUT2D eigenvalue weighted by Crippen LogP contribution is 2.05. The van der Waals surface area contributed by atoms with Gasteiger partial charge in [-0.05, 0) is 12.5 Å². The predicted molar refractivity (Wildman–Crippen MR) is 83.4 cm³/mol. The minimum atomic E-state index is -0.165. The molecule has 0 radical (unpaired) electrons. The zero-order valence-electron chi connectivity index (χ0n) is 12.1. The summed E-state index contributed by atoms with van der Waals surface area (Å²) in [5.41, 5.74) is 7.01. The quantitative estimate of drug-likeness (QED) is 0.899. The lowest BCUT2D eigenvalue weighted by Gasteiger charge is -2.22. The van der Waals surface area contributed by atoms with Gasteiger partial charge in [0.2, 0.25) is 0 Å². The van der Waals surface area contributed by atoms with E-state index in [9.17, 15) is 4.79 Å². The standard InChI is InChI=1S/C14H19N5O.ClH/c1-11(8-15)18(2)14(20)13-10-19(17-16-13)9-12-6-4-3-5-7-12;/h3-7,10-11H,8-9,15H2,1-2H3;1H. The first kappa shape index (κ1) is 17.1. The summed E-state index contributed by atoms with van der Waals surface area (Å²) in [7, 11) is 1.72. The molecule has 1 aromatic carbocycles. The third-order valence-electron chi connectivity index (χ3n) is 3.27. The molecule has 21 heavy (non-hydrogen) atoms. The van der Waals surface area contributed by atoms with E-state index in [0.29, 0.717) is 18.8 Å². The highest BCUT2D eigenvalue weighted by Gasteiger charge is 2.19. The molecule has 0 aliphatic heterocycles. The molecule has 0 spiro atoms.